The number of methoxy groups -OCH3 is 1. The van der Waals surface area contributed by atoms with Crippen molar-refractivity contribution in [2.45, 2.75) is 32.2 Å². The van der Waals surface area contributed by atoms with E-state index in [1.807, 2.05) is 6.07 Å². The second-order valence-electron chi connectivity index (χ2n) is 3.98. The van der Waals surface area contributed by atoms with Crippen molar-refractivity contribution in [1.29, 1.82) is 0 Å². The molecule has 2 nitrogen and oxygen atoms in total. The number of hydrogen-bond acceptors (Lipinski definition) is 2. The van der Waals surface area contributed by atoms with Crippen LogP contribution < -0.4 is 10.5 Å². The average molecular weight is 191 g/mol. The molecule has 0 amide bonds. The summed E-state index contributed by atoms with van der Waals surface area (Å²) in [5, 5.41) is 0. The molecular weight excluding hydrogens is 174 g/mol. The molecule has 2 N–H and O–H groups in total. The van der Waals surface area contributed by atoms with Gasteiger partial charge in [-0.3, -0.25) is 0 Å². The topological polar surface area (TPSA) is 35.2 Å². The fourth-order valence-corrected chi connectivity index (χ4v) is 2.37. The van der Waals surface area contributed by atoms with Gasteiger partial charge < -0.3 is 10.5 Å². The molecule has 1 aromatic rings. The van der Waals surface area contributed by atoms with Crippen LogP contribution in [0.4, 0.5) is 0 Å². The molecule has 0 heterocycles. The minimum absolute atomic E-state index is 0.203. The van der Waals surface area contributed by atoms with E-state index in [4.69, 9.17) is 10.5 Å². The Hall–Kier alpha value is -1.02. The lowest BCUT2D eigenvalue weighted by Crippen LogP contribution is -2.19. The van der Waals surface area contributed by atoms with Crippen LogP contribution in [-0.2, 0) is 6.42 Å². The van der Waals surface area contributed by atoms with Crippen molar-refractivity contribution in [2.24, 2.45) is 5.73 Å². The normalized spacial score (nSPS) is 20.4. The number of nitrogens with two attached hydrogens (primary N) is 1. The average Bonchev–Trinajstić information content (AvgIpc) is 2.18. The molecule has 0 saturated heterocycles. The summed E-state index contributed by atoms with van der Waals surface area (Å²) in [5.74, 6) is 1.00. The summed E-state index contributed by atoms with van der Waals surface area (Å²) < 4.78 is 5.36. The molecule has 0 spiro atoms. The van der Waals surface area contributed by atoms with Crippen molar-refractivity contribution in [3.05, 3.63) is 28.8 Å². The second-order valence-corrected chi connectivity index (χ2v) is 3.98. The smallest absolute Gasteiger partial charge is 0.122 e. The van der Waals surface area contributed by atoms with E-state index in [0.717, 1.165) is 18.6 Å². The monoisotopic (exact) mass is 191 g/mol. The summed E-state index contributed by atoms with van der Waals surface area (Å²) in [6.45, 7) is 2.13. The lowest BCUT2D eigenvalue weighted by atomic mass is 9.85. The van der Waals surface area contributed by atoms with E-state index in [2.05, 4.69) is 13.0 Å². The maximum Gasteiger partial charge on any atom is 0.122 e. The highest BCUT2D eigenvalue weighted by atomic mass is 16.5. The largest absolute Gasteiger partial charge is 0.496 e. The zero-order valence-electron chi connectivity index (χ0n) is 8.84. The van der Waals surface area contributed by atoms with Crippen LogP contribution in [0, 0.1) is 6.92 Å². The fraction of sp³-hybridized carbons (Fsp3) is 0.500. The van der Waals surface area contributed by atoms with Crippen molar-refractivity contribution in [2.75, 3.05) is 7.11 Å². The molecule has 2 heteroatoms. The molecule has 0 aliphatic heterocycles. The molecule has 76 valence electrons. The van der Waals surface area contributed by atoms with Crippen LogP contribution in [0.25, 0.3) is 0 Å². The zero-order valence-corrected chi connectivity index (χ0v) is 8.84. The van der Waals surface area contributed by atoms with Crippen LogP contribution in [0.15, 0.2) is 12.1 Å². The Bertz CT molecular complexity index is 346. The minimum Gasteiger partial charge on any atom is -0.496 e. The summed E-state index contributed by atoms with van der Waals surface area (Å²) in [4.78, 5) is 0. The third-order valence-corrected chi connectivity index (χ3v) is 3.06. The van der Waals surface area contributed by atoms with Crippen LogP contribution in [0.2, 0.25) is 0 Å². The van der Waals surface area contributed by atoms with Crippen molar-refractivity contribution < 1.29 is 4.74 Å². The van der Waals surface area contributed by atoms with Crippen molar-refractivity contribution in [3.63, 3.8) is 0 Å². The summed E-state index contributed by atoms with van der Waals surface area (Å²) in [6, 6.07) is 4.35. The van der Waals surface area contributed by atoms with Crippen LogP contribution in [-0.4, -0.2) is 7.11 Å². The molecule has 14 heavy (non-hydrogen) atoms. The standard InChI is InChI=1S/C12H17NO/c1-8-6-7-11(14-2)9-4-3-5-10(13)12(8)9/h6-7,10H,3-5,13H2,1-2H3/t10-/m0/s1. The Kier molecular flexibility index (Phi) is 2.46. The highest BCUT2D eigenvalue weighted by Crippen LogP contribution is 2.36. The molecule has 0 unspecified atom stereocenters. The molecule has 1 atom stereocenters. The first kappa shape index (κ1) is 9.53. The zero-order chi connectivity index (χ0) is 10.1. The Morgan fingerprint density at radius 3 is 2.93 bits per heavy atom. The molecule has 1 aliphatic rings. The SMILES string of the molecule is COc1ccc(C)c2c1CCC[C@@H]2N. The van der Waals surface area contributed by atoms with Crippen LogP contribution in [0.3, 0.4) is 0 Å². The summed E-state index contributed by atoms with van der Waals surface area (Å²) in [5.41, 5.74) is 10.1. The molecule has 0 aromatic heterocycles. The van der Waals surface area contributed by atoms with Gasteiger partial charge in [0.15, 0.2) is 0 Å². The summed E-state index contributed by atoms with van der Waals surface area (Å²) in [6.07, 6.45) is 3.38. The van der Waals surface area contributed by atoms with Gasteiger partial charge in [0.2, 0.25) is 0 Å². The maximum absolute atomic E-state index is 6.12. The number of benzene rings is 1. The van der Waals surface area contributed by atoms with E-state index in [-0.39, 0.29) is 6.04 Å². The van der Waals surface area contributed by atoms with Crippen molar-refractivity contribution >= 4 is 0 Å². The van der Waals surface area contributed by atoms with Gasteiger partial charge in [0.25, 0.3) is 0 Å². The first-order chi connectivity index (χ1) is 6.74. The van der Waals surface area contributed by atoms with E-state index in [9.17, 15) is 0 Å². The Labute approximate surface area is 85.1 Å². The Balaban J connectivity index is 2.57. The maximum atomic E-state index is 6.12. The molecule has 1 aliphatic carbocycles. The number of hydrogen-bond donors (Lipinski definition) is 1. The number of rotatable bonds is 1. The first-order valence-electron chi connectivity index (χ1n) is 5.16. The Morgan fingerprint density at radius 2 is 2.21 bits per heavy atom. The van der Waals surface area contributed by atoms with Gasteiger partial charge in [-0.25, -0.2) is 0 Å². The third kappa shape index (κ3) is 1.40. The molecule has 0 saturated carbocycles. The van der Waals surface area contributed by atoms with Gasteiger partial charge in [0.05, 0.1) is 7.11 Å². The quantitative estimate of drug-likeness (QED) is 0.739. The van der Waals surface area contributed by atoms with Crippen molar-refractivity contribution in [1.82, 2.24) is 0 Å². The molecule has 1 aromatic carbocycles. The lowest BCUT2D eigenvalue weighted by molar-refractivity contribution is 0.403. The van der Waals surface area contributed by atoms with Gasteiger partial charge in [-0.2, -0.15) is 0 Å². The minimum atomic E-state index is 0.203. The first-order valence-corrected chi connectivity index (χ1v) is 5.16. The van der Waals surface area contributed by atoms with Gasteiger partial charge in [0.1, 0.15) is 5.75 Å². The number of fused-ring (bicyclic) bond motifs is 1. The fourth-order valence-electron chi connectivity index (χ4n) is 2.37. The van der Waals surface area contributed by atoms with Crippen LogP contribution in [0.5, 0.6) is 5.75 Å². The number of ether oxygens (including phenoxy) is 1. The highest BCUT2D eigenvalue weighted by Gasteiger charge is 2.21. The summed E-state index contributed by atoms with van der Waals surface area (Å²) >= 11 is 0. The summed E-state index contributed by atoms with van der Waals surface area (Å²) in [7, 11) is 1.73. The number of aryl methyl sites for hydroxylation is 1. The second kappa shape index (κ2) is 3.62. The molecular formula is C12H17NO. The predicted molar refractivity (Wildman–Crippen MR) is 57.6 cm³/mol. The van der Waals surface area contributed by atoms with E-state index >= 15 is 0 Å². The highest BCUT2D eigenvalue weighted by molar-refractivity contribution is 5.47. The van der Waals surface area contributed by atoms with Crippen LogP contribution in [0.1, 0.15) is 35.6 Å². The van der Waals surface area contributed by atoms with Gasteiger partial charge in [0, 0.05) is 6.04 Å². The van der Waals surface area contributed by atoms with Gasteiger partial charge >= 0.3 is 0 Å². The van der Waals surface area contributed by atoms with Crippen molar-refractivity contribution in [3.8, 4) is 5.75 Å². The lowest BCUT2D eigenvalue weighted by Gasteiger charge is -2.25. The van der Waals surface area contributed by atoms with E-state index < -0.39 is 0 Å². The Morgan fingerprint density at radius 1 is 1.43 bits per heavy atom. The molecule has 0 bridgehead atoms. The molecule has 2 rings (SSSR count). The van der Waals surface area contributed by atoms with Gasteiger partial charge in [-0.1, -0.05) is 6.07 Å². The third-order valence-electron chi connectivity index (χ3n) is 3.06. The predicted octanol–water partition coefficient (Wildman–Crippen LogP) is 2.34. The van der Waals surface area contributed by atoms with Crippen LogP contribution >= 0.6 is 0 Å². The van der Waals surface area contributed by atoms with E-state index in [1.165, 1.54) is 23.1 Å². The molecule has 0 fully saturated rings. The van der Waals surface area contributed by atoms with Gasteiger partial charge in [-0.05, 0) is 48.9 Å². The van der Waals surface area contributed by atoms with E-state index in [0.29, 0.717) is 0 Å². The van der Waals surface area contributed by atoms with Gasteiger partial charge in [-0.15, -0.1) is 0 Å². The molecule has 0 radical (unpaired) electrons. The van der Waals surface area contributed by atoms with E-state index in [1.54, 1.807) is 7.11 Å².